The Morgan fingerprint density at radius 3 is 2.33 bits per heavy atom. The highest BCUT2D eigenvalue weighted by atomic mass is 14.6. The summed E-state index contributed by atoms with van der Waals surface area (Å²) < 4.78 is 0. The second kappa shape index (κ2) is 13.5. The summed E-state index contributed by atoms with van der Waals surface area (Å²) in [7, 11) is 0. The molecule has 0 nitrogen and oxygen atoms in total. The van der Waals surface area contributed by atoms with Crippen LogP contribution >= 0.6 is 0 Å². The smallest absolute Gasteiger partial charge is 0.0266 e. The van der Waals surface area contributed by atoms with Gasteiger partial charge in [-0.05, 0) is 92.3 Å². The molecule has 0 radical (unpaired) electrons. The van der Waals surface area contributed by atoms with Gasteiger partial charge in [-0.1, -0.05) is 99.3 Å². The van der Waals surface area contributed by atoms with Crippen LogP contribution in [0.2, 0.25) is 0 Å². The third-order valence-electron chi connectivity index (χ3n) is 9.97. The molecular weight excluding hydrogens is 360 g/mol. The maximum Gasteiger partial charge on any atom is -0.0266 e. The van der Waals surface area contributed by atoms with Crippen LogP contribution in [0.25, 0.3) is 0 Å². The van der Waals surface area contributed by atoms with Crippen molar-refractivity contribution in [3.05, 3.63) is 0 Å². The number of unbranched alkanes of at least 4 members (excludes halogenated alkanes) is 4. The molecule has 3 rings (SSSR count). The van der Waals surface area contributed by atoms with Gasteiger partial charge in [-0.2, -0.15) is 0 Å². The molecule has 0 aromatic heterocycles. The largest absolute Gasteiger partial charge is 0.0683 e. The maximum atomic E-state index is 2.74. The number of hydrogen-bond donors (Lipinski definition) is 0. The van der Waals surface area contributed by atoms with Crippen molar-refractivity contribution in [1.82, 2.24) is 0 Å². The van der Waals surface area contributed by atoms with Gasteiger partial charge in [-0.25, -0.2) is 0 Å². The Hall–Kier alpha value is 0. The van der Waals surface area contributed by atoms with E-state index in [0.717, 1.165) is 35.5 Å². The van der Waals surface area contributed by atoms with E-state index in [-0.39, 0.29) is 0 Å². The molecule has 0 bridgehead atoms. The zero-order chi connectivity index (χ0) is 22.0. The van der Waals surface area contributed by atoms with Crippen LogP contribution in [0.3, 0.4) is 0 Å². The van der Waals surface area contributed by atoms with Gasteiger partial charge in [-0.15, -0.1) is 0 Å². The van der Waals surface area contributed by atoms with E-state index in [9.17, 15) is 0 Å². The van der Waals surface area contributed by atoms with Crippen molar-refractivity contribution >= 4 is 0 Å². The topological polar surface area (TPSA) is 0 Å². The van der Waals surface area contributed by atoms with Crippen LogP contribution in [0.5, 0.6) is 0 Å². The van der Waals surface area contributed by atoms with E-state index < -0.39 is 0 Å². The third kappa shape index (κ3) is 6.51. The van der Waals surface area contributed by atoms with Crippen LogP contribution in [0.1, 0.15) is 151 Å². The highest BCUT2D eigenvalue weighted by Gasteiger charge is 2.51. The minimum Gasteiger partial charge on any atom is -0.0683 e. The summed E-state index contributed by atoms with van der Waals surface area (Å²) in [6.45, 7) is 14.1. The molecule has 0 heterocycles. The van der Waals surface area contributed by atoms with Crippen molar-refractivity contribution in [2.45, 2.75) is 151 Å². The molecule has 0 saturated heterocycles. The molecule has 0 aromatic rings. The predicted octanol–water partition coefficient (Wildman–Crippen LogP) is 10.4. The Morgan fingerprint density at radius 2 is 1.60 bits per heavy atom. The molecule has 3 aliphatic rings. The molecule has 0 aliphatic heterocycles. The SMILES string of the molecule is CC.CCCCCCC(C)C1CCC(C2CCC3CCCCC3(C)C2CCCC)C1. The van der Waals surface area contributed by atoms with Crippen molar-refractivity contribution in [2.24, 2.45) is 40.9 Å². The Balaban J connectivity index is 0.00000155. The highest BCUT2D eigenvalue weighted by Crippen LogP contribution is 2.60. The summed E-state index contributed by atoms with van der Waals surface area (Å²) in [6, 6.07) is 0. The summed E-state index contributed by atoms with van der Waals surface area (Å²) in [5, 5.41) is 0. The van der Waals surface area contributed by atoms with E-state index in [4.69, 9.17) is 0 Å². The van der Waals surface area contributed by atoms with E-state index in [0.29, 0.717) is 5.41 Å². The van der Waals surface area contributed by atoms with Gasteiger partial charge in [0.25, 0.3) is 0 Å². The first-order valence-corrected chi connectivity index (χ1v) is 14.6. The average molecular weight is 419 g/mol. The fourth-order valence-corrected chi connectivity index (χ4v) is 8.10. The fourth-order valence-electron chi connectivity index (χ4n) is 8.10. The zero-order valence-electron chi connectivity index (χ0n) is 22.0. The van der Waals surface area contributed by atoms with E-state index >= 15 is 0 Å². The van der Waals surface area contributed by atoms with Gasteiger partial charge < -0.3 is 0 Å². The van der Waals surface area contributed by atoms with E-state index in [1.54, 1.807) is 51.4 Å². The van der Waals surface area contributed by atoms with E-state index in [1.807, 2.05) is 13.8 Å². The van der Waals surface area contributed by atoms with Crippen LogP contribution in [-0.4, -0.2) is 0 Å². The maximum absolute atomic E-state index is 2.74. The van der Waals surface area contributed by atoms with Crippen molar-refractivity contribution in [2.75, 3.05) is 0 Å². The Kier molecular flexibility index (Phi) is 11.8. The molecular formula is C30H58. The summed E-state index contributed by atoms with van der Waals surface area (Å²) in [5.41, 5.74) is 0.695. The van der Waals surface area contributed by atoms with Crippen LogP contribution in [-0.2, 0) is 0 Å². The van der Waals surface area contributed by atoms with Gasteiger partial charge in [-0.3, -0.25) is 0 Å². The molecule has 0 spiro atoms. The normalized spacial score (nSPS) is 37.2. The van der Waals surface area contributed by atoms with Crippen LogP contribution in [0, 0.1) is 40.9 Å². The number of rotatable bonds is 10. The van der Waals surface area contributed by atoms with Crippen molar-refractivity contribution in [1.29, 1.82) is 0 Å². The summed E-state index contributed by atoms with van der Waals surface area (Å²) in [4.78, 5) is 0. The third-order valence-corrected chi connectivity index (χ3v) is 9.97. The predicted molar refractivity (Wildman–Crippen MR) is 136 cm³/mol. The van der Waals surface area contributed by atoms with Gasteiger partial charge in [0.1, 0.15) is 0 Å². The molecule has 0 aromatic carbocycles. The van der Waals surface area contributed by atoms with Gasteiger partial charge in [0.2, 0.25) is 0 Å². The Labute approximate surface area is 191 Å². The molecule has 0 heteroatoms. The van der Waals surface area contributed by atoms with E-state index in [2.05, 4.69) is 27.7 Å². The minimum absolute atomic E-state index is 0.695. The first kappa shape index (κ1) is 26.3. The Morgan fingerprint density at radius 1 is 0.833 bits per heavy atom. The lowest BCUT2D eigenvalue weighted by Gasteiger charge is -2.55. The average Bonchev–Trinajstić information content (AvgIpc) is 3.26. The molecule has 178 valence electrons. The monoisotopic (exact) mass is 418 g/mol. The molecule has 7 atom stereocenters. The number of fused-ring (bicyclic) bond motifs is 1. The molecule has 7 unspecified atom stereocenters. The van der Waals surface area contributed by atoms with Crippen LogP contribution in [0.15, 0.2) is 0 Å². The first-order valence-electron chi connectivity index (χ1n) is 14.6. The highest BCUT2D eigenvalue weighted by molar-refractivity contribution is 5.00. The second-order valence-electron chi connectivity index (χ2n) is 11.6. The molecule has 0 amide bonds. The summed E-state index contributed by atoms with van der Waals surface area (Å²) in [6.07, 6.45) is 25.7. The minimum atomic E-state index is 0.695. The molecule has 3 aliphatic carbocycles. The first-order chi connectivity index (χ1) is 14.6. The molecule has 0 N–H and O–H groups in total. The molecule has 3 fully saturated rings. The Bertz CT molecular complexity index is 439. The van der Waals surface area contributed by atoms with Crippen molar-refractivity contribution < 1.29 is 0 Å². The summed E-state index contributed by atoms with van der Waals surface area (Å²) >= 11 is 0. The lowest BCUT2D eigenvalue weighted by Crippen LogP contribution is -2.47. The lowest BCUT2D eigenvalue weighted by molar-refractivity contribution is -0.0579. The van der Waals surface area contributed by atoms with Crippen LogP contribution in [0.4, 0.5) is 0 Å². The standard InChI is InChI=1S/C28H52.C2H6/c1-5-7-9-10-13-22(3)23-16-17-24(21-23)26-19-18-25-14-11-12-20-28(25,4)27(26)15-8-6-2;1-2/h22-27H,5-21H2,1-4H3;1-2H3. The van der Waals surface area contributed by atoms with Gasteiger partial charge in [0.05, 0.1) is 0 Å². The zero-order valence-corrected chi connectivity index (χ0v) is 22.0. The number of hydrogen-bond acceptors (Lipinski definition) is 0. The molecule has 30 heavy (non-hydrogen) atoms. The van der Waals surface area contributed by atoms with Crippen molar-refractivity contribution in [3.8, 4) is 0 Å². The van der Waals surface area contributed by atoms with Crippen LogP contribution < -0.4 is 0 Å². The quantitative estimate of drug-likeness (QED) is 0.309. The fraction of sp³-hybridized carbons (Fsp3) is 1.00. The van der Waals surface area contributed by atoms with E-state index in [1.165, 1.54) is 57.8 Å². The second-order valence-corrected chi connectivity index (χ2v) is 11.6. The summed E-state index contributed by atoms with van der Waals surface area (Å²) in [5.74, 6) is 6.30. The lowest BCUT2D eigenvalue weighted by atomic mass is 9.50. The van der Waals surface area contributed by atoms with Gasteiger partial charge >= 0.3 is 0 Å². The molecule has 3 saturated carbocycles. The van der Waals surface area contributed by atoms with Crippen molar-refractivity contribution in [3.63, 3.8) is 0 Å². The van der Waals surface area contributed by atoms with Gasteiger partial charge in [0.15, 0.2) is 0 Å². The van der Waals surface area contributed by atoms with Gasteiger partial charge in [0, 0.05) is 0 Å².